The lowest BCUT2D eigenvalue weighted by Crippen LogP contribution is -2.46. The van der Waals surface area contributed by atoms with E-state index in [9.17, 15) is 4.79 Å². The van der Waals surface area contributed by atoms with Gasteiger partial charge in [-0.1, -0.05) is 6.42 Å². The number of anilines is 1. The van der Waals surface area contributed by atoms with Gasteiger partial charge in [0, 0.05) is 31.7 Å². The van der Waals surface area contributed by atoms with Crippen LogP contribution in [0.5, 0.6) is 0 Å². The fourth-order valence-corrected chi connectivity index (χ4v) is 3.30. The van der Waals surface area contributed by atoms with Crippen LogP contribution in [0.4, 0.5) is 5.82 Å². The number of aromatic nitrogens is 2. The van der Waals surface area contributed by atoms with Crippen molar-refractivity contribution in [3.05, 3.63) is 18.1 Å². The first-order chi connectivity index (χ1) is 10.2. The van der Waals surface area contributed by atoms with Crippen molar-refractivity contribution < 1.29 is 4.79 Å². The van der Waals surface area contributed by atoms with Crippen molar-refractivity contribution in [2.45, 2.75) is 44.7 Å². The van der Waals surface area contributed by atoms with Gasteiger partial charge in [-0.2, -0.15) is 0 Å². The average Bonchev–Trinajstić information content (AvgIpc) is 2.87. The zero-order chi connectivity index (χ0) is 14.7. The number of nitrogens with zero attached hydrogens (tertiary/aromatic N) is 4. The summed E-state index contributed by atoms with van der Waals surface area (Å²) in [7, 11) is 0. The van der Waals surface area contributed by atoms with Crippen LogP contribution in [-0.2, 0) is 11.3 Å². The Morgan fingerprint density at radius 3 is 2.95 bits per heavy atom. The van der Waals surface area contributed by atoms with Gasteiger partial charge in [0.15, 0.2) is 0 Å². The molecule has 3 heterocycles. The van der Waals surface area contributed by atoms with Crippen LogP contribution in [0.2, 0.25) is 0 Å². The summed E-state index contributed by atoms with van der Waals surface area (Å²) >= 11 is 0. The summed E-state index contributed by atoms with van der Waals surface area (Å²) < 4.78 is 0. The van der Waals surface area contributed by atoms with E-state index in [4.69, 9.17) is 5.73 Å². The topological polar surface area (TPSA) is 75.3 Å². The van der Waals surface area contributed by atoms with Crippen LogP contribution in [0.15, 0.2) is 12.3 Å². The second-order valence-electron chi connectivity index (χ2n) is 5.96. The first-order valence-electron chi connectivity index (χ1n) is 7.81. The maximum Gasteiger partial charge on any atom is 0.222 e. The van der Waals surface area contributed by atoms with Gasteiger partial charge in [-0.15, -0.1) is 0 Å². The highest BCUT2D eigenvalue weighted by molar-refractivity contribution is 5.78. The predicted molar refractivity (Wildman–Crippen MR) is 80.3 cm³/mol. The van der Waals surface area contributed by atoms with E-state index >= 15 is 0 Å². The summed E-state index contributed by atoms with van der Waals surface area (Å²) in [6.45, 7) is 3.53. The van der Waals surface area contributed by atoms with Gasteiger partial charge in [-0.3, -0.25) is 9.69 Å². The molecular formula is C15H23N5O. The van der Waals surface area contributed by atoms with Crippen molar-refractivity contribution in [3.63, 3.8) is 0 Å². The van der Waals surface area contributed by atoms with Gasteiger partial charge in [0.05, 0.1) is 6.54 Å². The van der Waals surface area contributed by atoms with E-state index in [1.165, 1.54) is 12.8 Å². The van der Waals surface area contributed by atoms with Crippen LogP contribution in [0.3, 0.4) is 0 Å². The number of piperidine rings is 1. The zero-order valence-electron chi connectivity index (χ0n) is 12.4. The first-order valence-corrected chi connectivity index (χ1v) is 7.81. The number of hydrogen-bond acceptors (Lipinski definition) is 5. The van der Waals surface area contributed by atoms with Crippen LogP contribution in [0, 0.1) is 0 Å². The number of carbonyl (C=O) groups is 1. The minimum Gasteiger partial charge on any atom is -0.384 e. The first kappa shape index (κ1) is 14.3. The van der Waals surface area contributed by atoms with E-state index in [2.05, 4.69) is 14.9 Å². The molecule has 0 radical (unpaired) electrons. The Bertz CT molecular complexity index is 507. The third-order valence-corrected chi connectivity index (χ3v) is 4.42. The quantitative estimate of drug-likeness (QED) is 0.896. The maximum absolute atomic E-state index is 11.8. The van der Waals surface area contributed by atoms with Crippen molar-refractivity contribution in [2.24, 2.45) is 0 Å². The number of rotatable bonds is 4. The van der Waals surface area contributed by atoms with Crippen molar-refractivity contribution in [1.82, 2.24) is 19.8 Å². The Labute approximate surface area is 125 Å². The van der Waals surface area contributed by atoms with E-state index in [-0.39, 0.29) is 0 Å². The molecule has 21 heavy (non-hydrogen) atoms. The van der Waals surface area contributed by atoms with E-state index in [0.29, 0.717) is 24.2 Å². The monoisotopic (exact) mass is 289 g/mol. The summed E-state index contributed by atoms with van der Waals surface area (Å²) in [5.41, 5.74) is 5.73. The van der Waals surface area contributed by atoms with E-state index in [1.54, 1.807) is 12.3 Å². The molecule has 2 aliphatic heterocycles. The number of hydrogen-bond donors (Lipinski definition) is 1. The smallest absolute Gasteiger partial charge is 0.222 e. The van der Waals surface area contributed by atoms with Crippen LogP contribution in [0.1, 0.15) is 37.9 Å². The number of nitrogen functional groups attached to an aromatic ring is 1. The highest BCUT2D eigenvalue weighted by atomic mass is 16.2. The molecule has 0 bridgehead atoms. The van der Waals surface area contributed by atoms with Crippen molar-refractivity contribution in [2.75, 3.05) is 25.4 Å². The molecule has 2 fully saturated rings. The molecule has 2 N–H and O–H groups in total. The molecule has 1 amide bonds. The highest BCUT2D eigenvalue weighted by Gasteiger charge is 2.29. The molecule has 6 heteroatoms. The Hall–Kier alpha value is -1.69. The summed E-state index contributed by atoms with van der Waals surface area (Å²) in [5.74, 6) is 1.60. The molecule has 0 saturated carbocycles. The second-order valence-corrected chi connectivity index (χ2v) is 5.96. The van der Waals surface area contributed by atoms with E-state index < -0.39 is 0 Å². The summed E-state index contributed by atoms with van der Waals surface area (Å²) in [4.78, 5) is 24.8. The minimum atomic E-state index is 0.306. The lowest BCUT2D eigenvalue weighted by Gasteiger charge is -2.37. The molecule has 0 aromatic carbocycles. The highest BCUT2D eigenvalue weighted by Crippen LogP contribution is 2.21. The number of carbonyl (C=O) groups excluding carboxylic acids is 1. The van der Waals surface area contributed by atoms with Gasteiger partial charge < -0.3 is 10.6 Å². The Kier molecular flexibility index (Phi) is 4.34. The number of nitrogens with two attached hydrogens (primary N) is 1. The molecule has 114 valence electrons. The van der Waals surface area contributed by atoms with Gasteiger partial charge in [-0.05, 0) is 31.9 Å². The van der Waals surface area contributed by atoms with Crippen LogP contribution in [0.25, 0.3) is 0 Å². The molecular weight excluding hydrogens is 266 g/mol. The van der Waals surface area contributed by atoms with Crippen LogP contribution < -0.4 is 5.73 Å². The molecule has 6 nitrogen and oxygen atoms in total. The summed E-state index contributed by atoms with van der Waals surface area (Å²) in [6, 6.07) is 2.13. The second kappa shape index (κ2) is 6.39. The molecule has 2 saturated heterocycles. The molecule has 1 aromatic rings. The van der Waals surface area contributed by atoms with Gasteiger partial charge in [0.25, 0.3) is 0 Å². The molecule has 1 aromatic heterocycles. The van der Waals surface area contributed by atoms with E-state index in [0.717, 1.165) is 44.8 Å². The maximum atomic E-state index is 11.8. The van der Waals surface area contributed by atoms with Crippen LogP contribution >= 0.6 is 0 Å². The molecule has 1 unspecified atom stereocenters. The Morgan fingerprint density at radius 1 is 1.29 bits per heavy atom. The number of amides is 1. The van der Waals surface area contributed by atoms with Crippen molar-refractivity contribution in [1.29, 1.82) is 0 Å². The van der Waals surface area contributed by atoms with Gasteiger partial charge in [0.1, 0.15) is 11.6 Å². The molecule has 2 aliphatic rings. The fraction of sp³-hybridized carbons (Fsp3) is 0.667. The Morgan fingerprint density at radius 2 is 2.19 bits per heavy atom. The summed E-state index contributed by atoms with van der Waals surface area (Å²) in [5, 5.41) is 0. The lowest BCUT2D eigenvalue weighted by atomic mass is 10.0. The summed E-state index contributed by atoms with van der Waals surface area (Å²) in [6.07, 6.45) is 7.01. The van der Waals surface area contributed by atoms with Crippen molar-refractivity contribution in [3.8, 4) is 0 Å². The normalized spacial score (nSPS) is 23.7. The SMILES string of the molecule is Nc1ccnc(CN2CCCCC2CN2CCCC2=O)n1. The minimum absolute atomic E-state index is 0.306. The van der Waals surface area contributed by atoms with E-state index in [1.807, 2.05) is 4.90 Å². The third-order valence-electron chi connectivity index (χ3n) is 4.42. The largest absolute Gasteiger partial charge is 0.384 e. The van der Waals surface area contributed by atoms with Crippen molar-refractivity contribution >= 4 is 11.7 Å². The Balaban J connectivity index is 1.65. The lowest BCUT2D eigenvalue weighted by molar-refractivity contribution is -0.128. The third kappa shape index (κ3) is 3.50. The number of likely N-dealkylation sites (tertiary alicyclic amines) is 2. The zero-order valence-corrected chi connectivity index (χ0v) is 12.4. The van der Waals surface area contributed by atoms with Crippen LogP contribution in [-0.4, -0.2) is 51.4 Å². The molecule has 3 rings (SSSR count). The predicted octanol–water partition coefficient (Wildman–Crippen LogP) is 1.04. The molecule has 1 atom stereocenters. The average molecular weight is 289 g/mol. The molecule has 0 aliphatic carbocycles. The van der Waals surface area contributed by atoms with Gasteiger partial charge in [-0.25, -0.2) is 9.97 Å². The molecule has 0 spiro atoms. The van der Waals surface area contributed by atoms with Gasteiger partial charge >= 0.3 is 0 Å². The standard InChI is InChI=1S/C15H23N5O/c16-13-6-7-17-14(18-13)11-19-8-2-1-4-12(19)10-20-9-3-5-15(20)21/h6-7,12H,1-5,8-11H2,(H2,16,17,18). The fourth-order valence-electron chi connectivity index (χ4n) is 3.30. The van der Waals surface area contributed by atoms with Gasteiger partial charge in [0.2, 0.25) is 5.91 Å².